The summed E-state index contributed by atoms with van der Waals surface area (Å²) in [5.74, 6) is -1.45. The first-order valence-corrected chi connectivity index (χ1v) is 10.0. The molecule has 1 aliphatic rings. The molecule has 162 valence electrons. The quantitative estimate of drug-likeness (QED) is 0.592. The van der Waals surface area contributed by atoms with Gasteiger partial charge in [-0.3, -0.25) is 14.3 Å². The number of halogens is 6. The Morgan fingerprint density at radius 1 is 1.30 bits per heavy atom. The van der Waals surface area contributed by atoms with Gasteiger partial charge in [0.15, 0.2) is 6.04 Å². The van der Waals surface area contributed by atoms with Crippen LogP contribution in [0.15, 0.2) is 39.7 Å². The lowest BCUT2D eigenvalue weighted by molar-refractivity contribution is -0.139. The van der Waals surface area contributed by atoms with E-state index in [0.29, 0.717) is 10.5 Å². The summed E-state index contributed by atoms with van der Waals surface area (Å²) in [6, 6.07) is 3.15. The van der Waals surface area contributed by atoms with Crippen LogP contribution in [0.5, 0.6) is 0 Å². The molecule has 0 radical (unpaired) electrons. The van der Waals surface area contributed by atoms with Crippen molar-refractivity contribution in [3.8, 4) is 0 Å². The number of carboxylic acids is 1. The van der Waals surface area contributed by atoms with E-state index in [2.05, 4.69) is 15.9 Å². The third kappa shape index (κ3) is 4.87. The first kappa shape index (κ1) is 22.8. The zero-order valence-electron chi connectivity index (χ0n) is 15.3. The van der Waals surface area contributed by atoms with Crippen LogP contribution < -0.4 is 5.56 Å². The summed E-state index contributed by atoms with van der Waals surface area (Å²) in [7, 11) is 0. The molecule has 0 amide bonds. The normalized spacial score (nSPS) is 16.3. The van der Waals surface area contributed by atoms with Crippen LogP contribution in [0.1, 0.15) is 22.7 Å². The average molecular weight is 512 g/mol. The summed E-state index contributed by atoms with van der Waals surface area (Å²) >= 11 is 9.30. The van der Waals surface area contributed by atoms with Crippen LogP contribution in [0.2, 0.25) is 5.02 Å². The Morgan fingerprint density at radius 3 is 2.53 bits per heavy atom. The first-order valence-electron chi connectivity index (χ1n) is 8.84. The van der Waals surface area contributed by atoms with E-state index in [1.165, 1.54) is 12.1 Å². The molecule has 1 fully saturated rings. The van der Waals surface area contributed by atoms with Gasteiger partial charge in [-0.2, -0.15) is 13.2 Å². The number of likely N-dealkylation sites (tertiary alicyclic amines) is 1. The van der Waals surface area contributed by atoms with Crippen LogP contribution in [0.4, 0.5) is 17.6 Å². The van der Waals surface area contributed by atoms with E-state index in [0.717, 1.165) is 10.8 Å². The van der Waals surface area contributed by atoms with E-state index >= 15 is 0 Å². The standard InChI is InChI=1S/C19H16BrClF4N2O3/c20-11-1-2-15(21)13(5-11)17(18(29)30)27-7-10(3-4-26-8-12(22)9-26)14(6-16(27)28)19(23,24)25/h1-2,5-7,12,17H,3-4,8-9H2,(H,29,30). The second-order valence-corrected chi connectivity index (χ2v) is 8.29. The molecule has 30 heavy (non-hydrogen) atoms. The number of rotatable bonds is 6. The van der Waals surface area contributed by atoms with Crippen molar-refractivity contribution in [3.05, 3.63) is 67.0 Å². The van der Waals surface area contributed by atoms with Crippen molar-refractivity contribution < 1.29 is 27.5 Å². The largest absolute Gasteiger partial charge is 0.479 e. The van der Waals surface area contributed by atoms with Gasteiger partial charge in [0.1, 0.15) is 6.17 Å². The topological polar surface area (TPSA) is 62.5 Å². The lowest BCUT2D eigenvalue weighted by Gasteiger charge is -2.34. The number of benzene rings is 1. The monoisotopic (exact) mass is 510 g/mol. The number of nitrogens with zero attached hydrogens (tertiary/aromatic N) is 2. The van der Waals surface area contributed by atoms with E-state index in [9.17, 15) is 32.3 Å². The number of carboxylic acid groups (broad SMARTS) is 1. The van der Waals surface area contributed by atoms with Crippen LogP contribution in [0.3, 0.4) is 0 Å². The lowest BCUT2D eigenvalue weighted by Crippen LogP contribution is -2.49. The van der Waals surface area contributed by atoms with Gasteiger partial charge in [0.2, 0.25) is 0 Å². The Kier molecular flexibility index (Phi) is 6.59. The van der Waals surface area contributed by atoms with Gasteiger partial charge in [-0.25, -0.2) is 9.18 Å². The Labute approximate surface area is 182 Å². The third-order valence-corrected chi connectivity index (χ3v) is 5.68. The predicted octanol–water partition coefficient (Wildman–Crippen LogP) is 4.15. The van der Waals surface area contributed by atoms with Gasteiger partial charge in [0.05, 0.1) is 5.56 Å². The third-order valence-electron chi connectivity index (χ3n) is 4.84. The fourth-order valence-corrected chi connectivity index (χ4v) is 3.95. The minimum Gasteiger partial charge on any atom is -0.479 e. The highest BCUT2D eigenvalue weighted by molar-refractivity contribution is 9.10. The zero-order valence-corrected chi connectivity index (χ0v) is 17.6. The highest BCUT2D eigenvalue weighted by atomic mass is 79.9. The van der Waals surface area contributed by atoms with Gasteiger partial charge < -0.3 is 5.11 Å². The molecule has 2 aromatic rings. The molecule has 5 nitrogen and oxygen atoms in total. The maximum atomic E-state index is 13.5. The summed E-state index contributed by atoms with van der Waals surface area (Å²) in [6.45, 7) is 0.413. The minimum atomic E-state index is -4.79. The number of hydrogen-bond donors (Lipinski definition) is 1. The molecule has 0 aliphatic carbocycles. The number of aliphatic carboxylic acids is 1. The number of alkyl halides is 4. The van der Waals surface area contributed by atoms with E-state index in [-0.39, 0.29) is 42.2 Å². The van der Waals surface area contributed by atoms with Crippen molar-refractivity contribution in [2.45, 2.75) is 24.8 Å². The van der Waals surface area contributed by atoms with Crippen LogP contribution in [-0.2, 0) is 17.4 Å². The van der Waals surface area contributed by atoms with Crippen LogP contribution in [-0.4, -0.2) is 46.3 Å². The van der Waals surface area contributed by atoms with Gasteiger partial charge >= 0.3 is 12.1 Å². The molecule has 1 atom stereocenters. The molecule has 3 rings (SSSR count). The van der Waals surface area contributed by atoms with Crippen LogP contribution >= 0.6 is 27.5 Å². The highest BCUT2D eigenvalue weighted by Crippen LogP contribution is 2.33. The summed E-state index contributed by atoms with van der Waals surface area (Å²) in [5.41, 5.74) is -2.45. The van der Waals surface area contributed by atoms with Crippen molar-refractivity contribution in [2.75, 3.05) is 19.6 Å². The van der Waals surface area contributed by atoms with Gasteiger partial charge in [-0.05, 0) is 30.2 Å². The SMILES string of the molecule is O=C(O)C(c1cc(Br)ccc1Cl)n1cc(CCN2CC(F)C2)c(C(F)(F)F)cc1=O. The Bertz CT molecular complexity index is 1020. The minimum absolute atomic E-state index is 0.0496. The first-order chi connectivity index (χ1) is 14.0. The van der Waals surface area contributed by atoms with Gasteiger partial charge in [-0.1, -0.05) is 27.5 Å². The molecule has 1 aromatic heterocycles. The second kappa shape index (κ2) is 8.68. The molecule has 1 aliphatic heterocycles. The molecule has 1 unspecified atom stereocenters. The fraction of sp³-hybridized carbons (Fsp3) is 0.368. The maximum Gasteiger partial charge on any atom is 0.416 e. The number of carbonyl (C=O) groups is 1. The summed E-state index contributed by atoms with van der Waals surface area (Å²) < 4.78 is 54.6. The summed E-state index contributed by atoms with van der Waals surface area (Å²) in [5, 5.41) is 9.78. The molecule has 2 heterocycles. The van der Waals surface area contributed by atoms with E-state index in [4.69, 9.17) is 11.6 Å². The molecule has 1 saturated heterocycles. The van der Waals surface area contributed by atoms with Crippen LogP contribution in [0, 0.1) is 0 Å². The predicted molar refractivity (Wildman–Crippen MR) is 106 cm³/mol. The molecular weight excluding hydrogens is 496 g/mol. The fourth-order valence-electron chi connectivity index (χ4n) is 3.35. The van der Waals surface area contributed by atoms with E-state index in [1.54, 1.807) is 11.0 Å². The second-order valence-electron chi connectivity index (χ2n) is 6.97. The Morgan fingerprint density at radius 2 is 1.97 bits per heavy atom. The van der Waals surface area contributed by atoms with Crippen molar-refractivity contribution in [2.24, 2.45) is 0 Å². The van der Waals surface area contributed by atoms with Crippen molar-refractivity contribution in [1.29, 1.82) is 0 Å². The smallest absolute Gasteiger partial charge is 0.416 e. The molecule has 0 bridgehead atoms. The van der Waals surface area contributed by atoms with Crippen molar-refractivity contribution in [3.63, 3.8) is 0 Å². The highest BCUT2D eigenvalue weighted by Gasteiger charge is 2.36. The molecule has 0 saturated carbocycles. The van der Waals surface area contributed by atoms with Gasteiger partial charge in [-0.15, -0.1) is 0 Å². The van der Waals surface area contributed by atoms with E-state index < -0.39 is 35.5 Å². The van der Waals surface area contributed by atoms with Gasteiger partial charge in [0.25, 0.3) is 5.56 Å². The van der Waals surface area contributed by atoms with Crippen LogP contribution in [0.25, 0.3) is 0 Å². The summed E-state index contributed by atoms with van der Waals surface area (Å²) in [6.07, 6.45) is -5.01. The lowest BCUT2D eigenvalue weighted by atomic mass is 10.0. The molecule has 11 heteroatoms. The number of aromatic nitrogens is 1. The van der Waals surface area contributed by atoms with E-state index in [1.807, 2.05) is 0 Å². The zero-order chi connectivity index (χ0) is 22.2. The molecule has 1 aromatic carbocycles. The number of pyridine rings is 1. The average Bonchev–Trinajstić information content (AvgIpc) is 2.61. The maximum absolute atomic E-state index is 13.5. The number of hydrogen-bond acceptors (Lipinski definition) is 3. The van der Waals surface area contributed by atoms with Crippen molar-refractivity contribution in [1.82, 2.24) is 9.47 Å². The van der Waals surface area contributed by atoms with Crippen molar-refractivity contribution >= 4 is 33.5 Å². The molecular formula is C19H16BrClF4N2O3. The molecule has 1 N–H and O–H groups in total. The summed E-state index contributed by atoms with van der Waals surface area (Å²) in [4.78, 5) is 26.1. The van der Waals surface area contributed by atoms with Gasteiger partial charge in [0, 0.05) is 47.0 Å². The Balaban J connectivity index is 2.08. The Hall–Kier alpha value is -1.91. The molecule has 0 spiro atoms.